The molecule has 0 aliphatic rings. The third-order valence-corrected chi connectivity index (χ3v) is 3.79. The van der Waals surface area contributed by atoms with E-state index in [0.717, 1.165) is 16.8 Å². The van der Waals surface area contributed by atoms with Crippen molar-refractivity contribution >= 4 is 35.6 Å². The smallest absolute Gasteiger partial charge is 0.0645 e. The van der Waals surface area contributed by atoms with Crippen LogP contribution in [0, 0.1) is 0 Å². The van der Waals surface area contributed by atoms with E-state index in [4.69, 9.17) is 23.2 Å². The highest BCUT2D eigenvalue weighted by Gasteiger charge is 1.98. The molecule has 23 heavy (non-hydrogen) atoms. The summed E-state index contributed by atoms with van der Waals surface area (Å²) in [6.07, 6.45) is 6.86. The van der Waals surface area contributed by atoms with Gasteiger partial charge in [-0.3, -0.25) is 0 Å². The van der Waals surface area contributed by atoms with Gasteiger partial charge in [-0.25, -0.2) is 4.68 Å². The van der Waals surface area contributed by atoms with Gasteiger partial charge in [0, 0.05) is 11.8 Å². The van der Waals surface area contributed by atoms with Crippen molar-refractivity contribution in [1.29, 1.82) is 0 Å². The van der Waals surface area contributed by atoms with Crippen molar-refractivity contribution in [3.8, 4) is 5.69 Å². The molecule has 114 valence electrons. The van der Waals surface area contributed by atoms with Crippen LogP contribution in [0.4, 0.5) is 0 Å². The standard InChI is InChI=1S/C17H12Cl2N4/c18-16-7-6-13(8-17(16)19)9-20-21-10-14-11-22-23(12-14)15-4-2-1-3-5-15/h1-12H/b20-9+,21-10+. The largest absolute Gasteiger partial charge is 0.240 e. The summed E-state index contributed by atoms with van der Waals surface area (Å²) >= 11 is 11.8. The van der Waals surface area contributed by atoms with E-state index in [-0.39, 0.29) is 0 Å². The minimum atomic E-state index is 0.490. The molecule has 0 unspecified atom stereocenters. The molecule has 0 fully saturated rings. The topological polar surface area (TPSA) is 42.5 Å². The molecule has 0 saturated carbocycles. The van der Waals surface area contributed by atoms with Gasteiger partial charge in [-0.15, -0.1) is 0 Å². The molecule has 1 heterocycles. The number of nitrogens with zero attached hydrogens (tertiary/aromatic N) is 4. The normalized spacial score (nSPS) is 11.6. The first kappa shape index (κ1) is 15.5. The lowest BCUT2D eigenvalue weighted by Gasteiger charge is -1.98. The molecule has 6 heteroatoms. The minimum absolute atomic E-state index is 0.490. The highest BCUT2D eigenvalue weighted by molar-refractivity contribution is 6.42. The Hall–Kier alpha value is -2.43. The van der Waals surface area contributed by atoms with Gasteiger partial charge in [-0.05, 0) is 29.8 Å². The number of halogens is 2. The van der Waals surface area contributed by atoms with Gasteiger partial charge >= 0.3 is 0 Å². The molecule has 0 atom stereocenters. The first-order valence-corrected chi connectivity index (χ1v) is 7.59. The van der Waals surface area contributed by atoms with Crippen molar-refractivity contribution in [3.63, 3.8) is 0 Å². The average molecular weight is 343 g/mol. The Kier molecular flexibility index (Phi) is 4.86. The van der Waals surface area contributed by atoms with Crippen LogP contribution in [-0.4, -0.2) is 22.2 Å². The first-order chi connectivity index (χ1) is 11.2. The molecular weight excluding hydrogens is 331 g/mol. The molecule has 0 bridgehead atoms. The van der Waals surface area contributed by atoms with Crippen LogP contribution in [0.1, 0.15) is 11.1 Å². The van der Waals surface area contributed by atoms with Crippen molar-refractivity contribution in [2.45, 2.75) is 0 Å². The maximum atomic E-state index is 5.94. The number of aromatic nitrogens is 2. The Balaban J connectivity index is 1.67. The SMILES string of the molecule is Clc1ccc(/C=N/N=C/c2cnn(-c3ccccc3)c2)cc1Cl. The first-order valence-electron chi connectivity index (χ1n) is 6.84. The molecule has 0 spiro atoms. The molecule has 0 N–H and O–H groups in total. The van der Waals surface area contributed by atoms with E-state index in [9.17, 15) is 0 Å². The number of hydrogen-bond acceptors (Lipinski definition) is 3. The maximum absolute atomic E-state index is 5.94. The molecule has 2 aromatic carbocycles. The van der Waals surface area contributed by atoms with Gasteiger partial charge in [0.05, 0.1) is 34.4 Å². The minimum Gasteiger partial charge on any atom is -0.240 e. The van der Waals surface area contributed by atoms with Crippen LogP contribution in [0.2, 0.25) is 10.0 Å². The van der Waals surface area contributed by atoms with E-state index in [2.05, 4.69) is 15.3 Å². The van der Waals surface area contributed by atoms with Crippen molar-refractivity contribution in [2.75, 3.05) is 0 Å². The zero-order valence-electron chi connectivity index (χ0n) is 12.0. The molecule has 4 nitrogen and oxygen atoms in total. The van der Waals surface area contributed by atoms with Crippen LogP contribution in [0.3, 0.4) is 0 Å². The molecule has 1 aromatic heterocycles. The van der Waals surface area contributed by atoms with Gasteiger partial charge < -0.3 is 0 Å². The van der Waals surface area contributed by atoms with Gasteiger partial charge in [0.15, 0.2) is 0 Å². The quantitative estimate of drug-likeness (QED) is 0.503. The second-order valence-electron chi connectivity index (χ2n) is 4.72. The predicted octanol–water partition coefficient (Wildman–Crippen LogP) is 4.63. The monoisotopic (exact) mass is 342 g/mol. The molecule has 0 aliphatic carbocycles. The van der Waals surface area contributed by atoms with Crippen molar-refractivity contribution in [3.05, 3.63) is 82.1 Å². The van der Waals surface area contributed by atoms with Gasteiger partial charge in [0.2, 0.25) is 0 Å². The summed E-state index contributed by atoms with van der Waals surface area (Å²) in [5, 5.41) is 13.3. The second kappa shape index (κ2) is 7.22. The van der Waals surface area contributed by atoms with E-state index in [0.29, 0.717) is 10.0 Å². The summed E-state index contributed by atoms with van der Waals surface area (Å²) in [6.45, 7) is 0. The molecule has 0 saturated heterocycles. The van der Waals surface area contributed by atoms with Crippen LogP contribution in [-0.2, 0) is 0 Å². The third-order valence-electron chi connectivity index (χ3n) is 3.05. The Bertz CT molecular complexity index is 854. The Morgan fingerprint density at radius 1 is 0.870 bits per heavy atom. The van der Waals surface area contributed by atoms with E-state index >= 15 is 0 Å². The maximum Gasteiger partial charge on any atom is 0.0645 e. The van der Waals surface area contributed by atoms with Gasteiger partial charge in [0.1, 0.15) is 0 Å². The van der Waals surface area contributed by atoms with Gasteiger partial charge in [-0.1, -0.05) is 47.5 Å². The molecule has 3 rings (SSSR count). The number of hydrogen-bond donors (Lipinski definition) is 0. The molecule has 0 aliphatic heterocycles. The van der Waals surface area contributed by atoms with Crippen LogP contribution < -0.4 is 0 Å². The third kappa shape index (κ3) is 4.06. The summed E-state index contributed by atoms with van der Waals surface area (Å²) in [5.74, 6) is 0. The Morgan fingerprint density at radius 3 is 2.35 bits per heavy atom. The van der Waals surface area contributed by atoms with E-state index in [1.54, 1.807) is 35.4 Å². The summed E-state index contributed by atoms with van der Waals surface area (Å²) in [7, 11) is 0. The summed E-state index contributed by atoms with van der Waals surface area (Å²) < 4.78 is 1.78. The van der Waals surface area contributed by atoms with Crippen molar-refractivity contribution < 1.29 is 0 Å². The lowest BCUT2D eigenvalue weighted by atomic mass is 10.2. The predicted molar refractivity (Wildman–Crippen MR) is 95.2 cm³/mol. The van der Waals surface area contributed by atoms with E-state index in [1.165, 1.54) is 0 Å². The molecular formula is C17H12Cl2N4. The van der Waals surface area contributed by atoms with Gasteiger partial charge in [-0.2, -0.15) is 15.3 Å². The van der Waals surface area contributed by atoms with Crippen LogP contribution >= 0.6 is 23.2 Å². The fourth-order valence-corrected chi connectivity index (χ4v) is 2.22. The lowest BCUT2D eigenvalue weighted by molar-refractivity contribution is 0.880. The van der Waals surface area contributed by atoms with Crippen LogP contribution in [0.25, 0.3) is 5.69 Å². The highest BCUT2D eigenvalue weighted by Crippen LogP contribution is 2.21. The number of para-hydroxylation sites is 1. The zero-order valence-corrected chi connectivity index (χ0v) is 13.5. The average Bonchev–Trinajstić information content (AvgIpc) is 3.05. The summed E-state index contributed by atoms with van der Waals surface area (Å²) in [5.41, 5.74) is 2.68. The van der Waals surface area contributed by atoms with Gasteiger partial charge in [0.25, 0.3) is 0 Å². The fourth-order valence-electron chi connectivity index (χ4n) is 1.92. The fraction of sp³-hybridized carbons (Fsp3) is 0. The molecule has 0 amide bonds. The zero-order chi connectivity index (χ0) is 16.1. The van der Waals surface area contributed by atoms with Crippen molar-refractivity contribution in [1.82, 2.24) is 9.78 Å². The van der Waals surface area contributed by atoms with Crippen LogP contribution in [0.15, 0.2) is 71.1 Å². The molecule has 0 radical (unpaired) electrons. The lowest BCUT2D eigenvalue weighted by Crippen LogP contribution is -1.92. The van der Waals surface area contributed by atoms with Crippen molar-refractivity contribution in [2.24, 2.45) is 10.2 Å². The van der Waals surface area contributed by atoms with E-state index < -0.39 is 0 Å². The Morgan fingerprint density at radius 2 is 1.61 bits per heavy atom. The highest BCUT2D eigenvalue weighted by atomic mass is 35.5. The summed E-state index contributed by atoms with van der Waals surface area (Å²) in [6, 6.07) is 15.1. The summed E-state index contributed by atoms with van der Waals surface area (Å²) in [4.78, 5) is 0. The molecule has 3 aromatic rings. The number of rotatable bonds is 4. The number of benzene rings is 2. The van der Waals surface area contributed by atoms with E-state index in [1.807, 2.05) is 42.6 Å². The second-order valence-corrected chi connectivity index (χ2v) is 5.53. The Labute approximate surface area is 143 Å². The van der Waals surface area contributed by atoms with Crippen LogP contribution in [0.5, 0.6) is 0 Å².